The second-order valence-electron chi connectivity index (χ2n) is 5.85. The number of benzene rings is 1. The molecule has 0 spiro atoms. The fraction of sp³-hybridized carbons (Fsp3) is 0.167. The van der Waals surface area contributed by atoms with Crippen molar-refractivity contribution >= 4 is 23.1 Å². The molecular formula is C18H18N6. The van der Waals surface area contributed by atoms with E-state index < -0.39 is 0 Å². The Morgan fingerprint density at radius 2 is 1.79 bits per heavy atom. The van der Waals surface area contributed by atoms with E-state index in [2.05, 4.69) is 44.1 Å². The Morgan fingerprint density at radius 3 is 2.62 bits per heavy atom. The van der Waals surface area contributed by atoms with Crippen LogP contribution in [0.3, 0.4) is 0 Å². The molecule has 1 aromatic carbocycles. The van der Waals surface area contributed by atoms with Crippen LogP contribution in [0.25, 0.3) is 11.3 Å². The molecule has 6 heteroatoms. The zero-order valence-electron chi connectivity index (χ0n) is 13.2. The van der Waals surface area contributed by atoms with E-state index in [0.717, 1.165) is 36.3 Å². The van der Waals surface area contributed by atoms with E-state index in [4.69, 9.17) is 11.5 Å². The van der Waals surface area contributed by atoms with Gasteiger partial charge in [-0.2, -0.15) is 0 Å². The highest BCUT2D eigenvalue weighted by Crippen LogP contribution is 2.35. The zero-order valence-corrected chi connectivity index (χ0v) is 13.2. The summed E-state index contributed by atoms with van der Waals surface area (Å²) in [6.45, 7) is 0.956. The maximum absolute atomic E-state index is 6.05. The molecular weight excluding hydrogens is 300 g/mol. The average Bonchev–Trinajstić information content (AvgIpc) is 2.61. The highest BCUT2D eigenvalue weighted by molar-refractivity contribution is 5.74. The SMILES string of the molecule is Nc1cc(N2CCCc3ccccc32)cc(-c2cnc(N)nc2)n1. The summed E-state index contributed by atoms with van der Waals surface area (Å²) in [7, 11) is 0. The van der Waals surface area contributed by atoms with Crippen molar-refractivity contribution in [1.29, 1.82) is 0 Å². The number of hydrogen-bond acceptors (Lipinski definition) is 6. The van der Waals surface area contributed by atoms with Crippen LogP contribution in [0.4, 0.5) is 23.1 Å². The smallest absolute Gasteiger partial charge is 0.219 e. The monoisotopic (exact) mass is 318 g/mol. The lowest BCUT2D eigenvalue weighted by molar-refractivity contribution is 0.766. The van der Waals surface area contributed by atoms with Gasteiger partial charge in [0.25, 0.3) is 0 Å². The van der Waals surface area contributed by atoms with Crippen molar-refractivity contribution < 1.29 is 0 Å². The van der Waals surface area contributed by atoms with E-state index in [9.17, 15) is 0 Å². The average molecular weight is 318 g/mol. The molecule has 0 amide bonds. The summed E-state index contributed by atoms with van der Waals surface area (Å²) in [5, 5.41) is 0. The third kappa shape index (κ3) is 2.62. The van der Waals surface area contributed by atoms with Crippen molar-refractivity contribution in [3.8, 4) is 11.3 Å². The number of aryl methyl sites for hydroxylation is 1. The molecule has 0 radical (unpaired) electrons. The van der Waals surface area contributed by atoms with Gasteiger partial charge >= 0.3 is 0 Å². The summed E-state index contributed by atoms with van der Waals surface area (Å²) in [4.78, 5) is 14.8. The third-order valence-electron chi connectivity index (χ3n) is 4.22. The first-order chi connectivity index (χ1) is 11.7. The molecule has 3 aromatic rings. The van der Waals surface area contributed by atoms with Crippen molar-refractivity contribution in [2.75, 3.05) is 22.9 Å². The highest BCUT2D eigenvalue weighted by Gasteiger charge is 2.19. The summed E-state index contributed by atoms with van der Waals surface area (Å²) >= 11 is 0. The molecule has 0 bridgehead atoms. The normalized spacial score (nSPS) is 13.6. The van der Waals surface area contributed by atoms with Gasteiger partial charge < -0.3 is 16.4 Å². The van der Waals surface area contributed by atoms with Gasteiger partial charge in [-0.25, -0.2) is 15.0 Å². The molecule has 0 aliphatic carbocycles. The molecule has 4 rings (SSSR count). The molecule has 1 aliphatic rings. The van der Waals surface area contributed by atoms with Crippen LogP contribution >= 0.6 is 0 Å². The van der Waals surface area contributed by atoms with Gasteiger partial charge in [0.15, 0.2) is 0 Å². The zero-order chi connectivity index (χ0) is 16.5. The van der Waals surface area contributed by atoms with Gasteiger partial charge in [-0.15, -0.1) is 0 Å². The topological polar surface area (TPSA) is 94.0 Å². The number of anilines is 4. The summed E-state index contributed by atoms with van der Waals surface area (Å²) in [6.07, 6.45) is 5.54. The molecule has 0 saturated heterocycles. The molecule has 24 heavy (non-hydrogen) atoms. The fourth-order valence-electron chi connectivity index (χ4n) is 3.11. The van der Waals surface area contributed by atoms with Crippen molar-refractivity contribution in [2.24, 2.45) is 0 Å². The maximum atomic E-state index is 6.05. The largest absolute Gasteiger partial charge is 0.384 e. The van der Waals surface area contributed by atoms with Gasteiger partial charge in [-0.05, 0) is 30.5 Å². The second kappa shape index (κ2) is 5.81. The lowest BCUT2D eigenvalue weighted by atomic mass is 10.0. The van der Waals surface area contributed by atoms with Crippen LogP contribution in [0.2, 0.25) is 0 Å². The van der Waals surface area contributed by atoms with Crippen molar-refractivity contribution in [3.63, 3.8) is 0 Å². The number of fused-ring (bicyclic) bond motifs is 1. The quantitative estimate of drug-likeness (QED) is 0.754. The number of aromatic nitrogens is 3. The number of pyridine rings is 1. The van der Waals surface area contributed by atoms with E-state index in [0.29, 0.717) is 5.82 Å². The van der Waals surface area contributed by atoms with Gasteiger partial charge in [-0.3, -0.25) is 0 Å². The third-order valence-corrected chi connectivity index (χ3v) is 4.22. The Labute approximate surface area is 140 Å². The Bertz CT molecular complexity index is 875. The predicted octanol–water partition coefficient (Wildman–Crippen LogP) is 2.79. The lowest BCUT2D eigenvalue weighted by Crippen LogP contribution is -2.24. The van der Waals surface area contributed by atoms with Gasteiger partial charge in [0, 0.05) is 41.9 Å². The van der Waals surface area contributed by atoms with E-state index in [-0.39, 0.29) is 5.95 Å². The fourth-order valence-corrected chi connectivity index (χ4v) is 3.11. The van der Waals surface area contributed by atoms with Crippen LogP contribution in [0.1, 0.15) is 12.0 Å². The second-order valence-corrected chi connectivity index (χ2v) is 5.85. The predicted molar refractivity (Wildman–Crippen MR) is 95.9 cm³/mol. The number of nitrogens with zero attached hydrogens (tertiary/aromatic N) is 4. The maximum Gasteiger partial charge on any atom is 0.219 e. The van der Waals surface area contributed by atoms with Gasteiger partial charge in [0.05, 0.1) is 5.69 Å². The van der Waals surface area contributed by atoms with Crippen LogP contribution < -0.4 is 16.4 Å². The Morgan fingerprint density at radius 1 is 1.00 bits per heavy atom. The molecule has 6 nitrogen and oxygen atoms in total. The molecule has 0 fully saturated rings. The molecule has 2 aromatic heterocycles. The molecule has 1 aliphatic heterocycles. The van der Waals surface area contributed by atoms with Gasteiger partial charge in [-0.1, -0.05) is 18.2 Å². The number of para-hydroxylation sites is 1. The Kier molecular flexibility index (Phi) is 3.49. The molecule has 4 N–H and O–H groups in total. The van der Waals surface area contributed by atoms with E-state index in [1.807, 2.05) is 12.1 Å². The number of nitrogen functional groups attached to an aromatic ring is 2. The summed E-state index contributed by atoms with van der Waals surface area (Å²) in [5.74, 6) is 0.718. The number of nitrogens with two attached hydrogens (primary N) is 2. The van der Waals surface area contributed by atoms with E-state index in [1.165, 1.54) is 11.3 Å². The van der Waals surface area contributed by atoms with Gasteiger partial charge in [0.2, 0.25) is 5.95 Å². The van der Waals surface area contributed by atoms with Crippen LogP contribution in [-0.4, -0.2) is 21.5 Å². The Hall–Kier alpha value is -3.15. The molecule has 0 saturated carbocycles. The first-order valence-electron chi connectivity index (χ1n) is 7.91. The van der Waals surface area contributed by atoms with Crippen LogP contribution in [0, 0.1) is 0 Å². The van der Waals surface area contributed by atoms with Crippen LogP contribution in [0.15, 0.2) is 48.8 Å². The molecule has 0 atom stereocenters. The summed E-state index contributed by atoms with van der Waals surface area (Å²) in [5.41, 5.74) is 16.8. The molecule has 0 unspecified atom stereocenters. The molecule has 3 heterocycles. The lowest BCUT2D eigenvalue weighted by Gasteiger charge is -2.31. The number of rotatable bonds is 2. The minimum Gasteiger partial charge on any atom is -0.384 e. The van der Waals surface area contributed by atoms with Crippen LogP contribution in [0.5, 0.6) is 0 Å². The number of hydrogen-bond donors (Lipinski definition) is 2. The first kappa shape index (κ1) is 14.4. The van der Waals surface area contributed by atoms with E-state index in [1.54, 1.807) is 12.4 Å². The standard InChI is InChI=1S/C18H18N6/c19-17-9-14(8-15(23-17)13-10-21-18(20)22-11-13)24-7-3-5-12-4-1-2-6-16(12)24/h1-2,4,6,8-11H,3,5,7H2,(H2,19,23)(H2,20,21,22). The minimum absolute atomic E-state index is 0.243. The van der Waals surface area contributed by atoms with Crippen molar-refractivity contribution in [2.45, 2.75) is 12.8 Å². The summed E-state index contributed by atoms with van der Waals surface area (Å²) < 4.78 is 0. The minimum atomic E-state index is 0.243. The van der Waals surface area contributed by atoms with Gasteiger partial charge in [0.1, 0.15) is 5.82 Å². The van der Waals surface area contributed by atoms with Crippen molar-refractivity contribution in [1.82, 2.24) is 15.0 Å². The van der Waals surface area contributed by atoms with Crippen molar-refractivity contribution in [3.05, 3.63) is 54.4 Å². The summed E-state index contributed by atoms with van der Waals surface area (Å²) in [6, 6.07) is 12.4. The Balaban J connectivity index is 1.79. The molecule has 120 valence electrons. The van der Waals surface area contributed by atoms with E-state index >= 15 is 0 Å². The highest BCUT2D eigenvalue weighted by atomic mass is 15.1. The van der Waals surface area contributed by atoms with Crippen LogP contribution in [-0.2, 0) is 6.42 Å². The first-order valence-corrected chi connectivity index (χ1v) is 7.91.